The van der Waals surface area contributed by atoms with Gasteiger partial charge in [0.1, 0.15) is 0 Å². The molecular formula is C32H64CaO7S. The number of hydrogen-bond donors (Lipinski definition) is 3. The molecule has 0 fully saturated rings. The molecule has 0 aromatic rings. The fourth-order valence-corrected chi connectivity index (χ4v) is 8.41. The third-order valence-corrected chi connectivity index (χ3v) is 11.9. The molecule has 0 bridgehead atoms. The monoisotopic (exact) mass is 632 g/mol. The normalized spacial score (nSPS) is 11.9. The molecule has 0 aliphatic carbocycles. The van der Waals surface area contributed by atoms with Crippen LogP contribution in [0.2, 0.25) is 5.04 Å². The van der Waals surface area contributed by atoms with Crippen molar-refractivity contribution < 1.29 is 32.8 Å². The Morgan fingerprint density at radius 1 is 0.537 bits per heavy atom. The average Bonchev–Trinajstić information content (AvgIpc) is 2.91. The summed E-state index contributed by atoms with van der Waals surface area (Å²) >= 11 is -0.125. The molecule has 0 aromatic heterocycles. The first-order valence-electron chi connectivity index (χ1n) is 17.1. The number of carboxylic acids is 2. The van der Waals surface area contributed by atoms with E-state index >= 15 is 0 Å². The molecule has 0 aromatic carbocycles. The molecule has 0 radical (unpaired) electrons. The van der Waals surface area contributed by atoms with E-state index in [1.54, 1.807) is 30.7 Å². The molecule has 0 saturated heterocycles. The van der Waals surface area contributed by atoms with E-state index in [0.29, 0.717) is 0 Å². The number of rotatable bonds is 30. The first-order valence-corrected chi connectivity index (χ1v) is 21.7. The summed E-state index contributed by atoms with van der Waals surface area (Å²) in [5.41, 5.74) is 0. The Morgan fingerprint density at radius 3 is 1.00 bits per heavy atom. The molecule has 1 atom stereocenters. The Hall–Kier alpha value is 0.110. The summed E-state index contributed by atoms with van der Waals surface area (Å²) in [6.07, 6.45) is 34.7. The second-order valence-electron chi connectivity index (χ2n) is 11.8. The molecule has 1 unspecified atom stereocenters. The van der Waals surface area contributed by atoms with Crippen molar-refractivity contribution >= 4 is 55.9 Å². The molecule has 9 heteroatoms. The quantitative estimate of drug-likeness (QED) is 0.0408. The molecule has 242 valence electrons. The third-order valence-electron chi connectivity index (χ3n) is 7.70. The van der Waals surface area contributed by atoms with Crippen molar-refractivity contribution in [3.63, 3.8) is 0 Å². The molecule has 0 aliphatic heterocycles. The molecule has 0 amide bonds. The van der Waals surface area contributed by atoms with Gasteiger partial charge in [-0.3, -0.25) is 14.1 Å². The molecule has 0 saturated carbocycles. The Morgan fingerprint density at radius 2 is 0.805 bits per heavy atom. The molecule has 0 heterocycles. The van der Waals surface area contributed by atoms with Crippen molar-refractivity contribution in [2.75, 3.05) is 0 Å². The van der Waals surface area contributed by atoms with Gasteiger partial charge in [0.05, 0.1) is 6.42 Å². The summed E-state index contributed by atoms with van der Waals surface area (Å²) in [4.78, 5) is 20.0. The predicted octanol–water partition coefficient (Wildman–Crippen LogP) is 9.73. The number of aliphatic carboxylic acids is 2. The maximum atomic E-state index is 10.2. The molecule has 0 aliphatic rings. The molecule has 7 nitrogen and oxygen atoms in total. The smallest absolute Gasteiger partial charge is 0.481 e. The van der Waals surface area contributed by atoms with Gasteiger partial charge in [-0.05, 0) is 0 Å². The molecule has 41 heavy (non-hydrogen) atoms. The minimum Gasteiger partial charge on any atom is -0.481 e. The Bertz CT molecular complexity index is 660. The van der Waals surface area contributed by atoms with E-state index in [9.17, 15) is 18.0 Å². The zero-order chi connectivity index (χ0) is 31.0. The summed E-state index contributed by atoms with van der Waals surface area (Å²) in [6.45, 7) is 4.62. The van der Waals surface area contributed by atoms with Crippen LogP contribution in [0.4, 0.5) is 0 Å². The van der Waals surface area contributed by atoms with Crippen LogP contribution in [0.15, 0.2) is 0 Å². The van der Waals surface area contributed by atoms with Gasteiger partial charge in [0, 0.05) is 0 Å². The SMILES string of the molecule is CCCCCCCCCCCCC[CH2][Ca][CH2]CCCCCCCCCCCCC.O=C(O)CC(C(=O)O)S(=O)(=O)O. The zero-order valence-corrected chi connectivity index (χ0v) is 29.8. The minimum absolute atomic E-state index is 0.125. The summed E-state index contributed by atoms with van der Waals surface area (Å²) in [5.74, 6) is -3.50. The number of hydrogen-bond acceptors (Lipinski definition) is 4. The Balaban J connectivity index is 0. The summed E-state index contributed by atoms with van der Waals surface area (Å²) in [5, 5.41) is 13.9. The number of unbranched alkanes of at least 4 members (excludes halogenated alkanes) is 22. The maximum absolute atomic E-state index is 10.2. The van der Waals surface area contributed by atoms with Gasteiger partial charge in [0.2, 0.25) is 0 Å². The fourth-order valence-electron chi connectivity index (χ4n) is 5.04. The van der Waals surface area contributed by atoms with Crippen molar-refractivity contribution in [1.82, 2.24) is 0 Å². The first-order chi connectivity index (χ1) is 19.7. The van der Waals surface area contributed by atoms with Crippen LogP contribution in [0.25, 0.3) is 0 Å². The minimum atomic E-state index is -4.84. The van der Waals surface area contributed by atoms with E-state index in [1.165, 1.54) is 128 Å². The van der Waals surface area contributed by atoms with Gasteiger partial charge in [-0.1, -0.05) is 26.7 Å². The van der Waals surface area contributed by atoms with E-state index in [0.717, 1.165) is 0 Å². The predicted molar refractivity (Wildman–Crippen MR) is 173 cm³/mol. The van der Waals surface area contributed by atoms with Crippen LogP contribution in [0.3, 0.4) is 0 Å². The Labute approximate surface area is 271 Å². The topological polar surface area (TPSA) is 129 Å². The summed E-state index contributed by atoms with van der Waals surface area (Å²) in [6, 6.07) is 0. The van der Waals surface area contributed by atoms with Crippen molar-refractivity contribution in [1.29, 1.82) is 0 Å². The number of carboxylic acid groups (broad SMARTS) is 2. The van der Waals surface area contributed by atoms with Crippen LogP contribution in [-0.4, -0.2) is 74.2 Å². The number of carbonyl (C=O) groups is 2. The van der Waals surface area contributed by atoms with Crippen molar-refractivity contribution in [3.05, 3.63) is 0 Å². The van der Waals surface area contributed by atoms with Gasteiger partial charge < -0.3 is 10.2 Å². The van der Waals surface area contributed by atoms with Crippen LogP contribution in [0.5, 0.6) is 0 Å². The van der Waals surface area contributed by atoms with Crippen molar-refractivity contribution in [2.24, 2.45) is 0 Å². The van der Waals surface area contributed by atoms with Gasteiger partial charge in [-0.25, -0.2) is 0 Å². The standard InChI is InChI=1S/2C14H29.C4H6O7S.Ca/c2*1-3-5-7-9-11-13-14-12-10-8-6-4-2;5-3(6)1-2(4(7)8)12(9,10)11;/h2*1,3-14H2,2H3;2H,1H2,(H,5,6)(H,7,8)(H,9,10,11);. The van der Waals surface area contributed by atoms with E-state index < -0.39 is 33.7 Å². The van der Waals surface area contributed by atoms with Gasteiger partial charge in [0.15, 0.2) is 5.25 Å². The summed E-state index contributed by atoms with van der Waals surface area (Å²) in [7, 11) is -4.84. The second kappa shape index (κ2) is 33.0. The summed E-state index contributed by atoms with van der Waals surface area (Å²) < 4.78 is 32.0. The first kappa shape index (κ1) is 43.2. The zero-order valence-electron chi connectivity index (χ0n) is 26.8. The van der Waals surface area contributed by atoms with E-state index in [4.69, 9.17) is 14.8 Å². The van der Waals surface area contributed by atoms with Gasteiger partial charge in [-0.15, -0.1) is 0 Å². The van der Waals surface area contributed by atoms with E-state index in [1.807, 2.05) is 0 Å². The van der Waals surface area contributed by atoms with E-state index in [-0.39, 0.29) is 33.8 Å². The Kier molecular flexibility index (Phi) is 34.8. The average molecular weight is 633 g/mol. The van der Waals surface area contributed by atoms with Crippen molar-refractivity contribution in [3.8, 4) is 0 Å². The van der Waals surface area contributed by atoms with Crippen LogP contribution in [0.1, 0.15) is 174 Å². The van der Waals surface area contributed by atoms with Crippen LogP contribution in [0, 0.1) is 0 Å². The van der Waals surface area contributed by atoms with Crippen molar-refractivity contribution in [2.45, 2.75) is 185 Å². The molecule has 0 spiro atoms. The van der Waals surface area contributed by atoms with E-state index in [2.05, 4.69) is 13.8 Å². The third kappa shape index (κ3) is 36.2. The second-order valence-corrected chi connectivity index (χ2v) is 16.7. The fraction of sp³-hybridized carbons (Fsp3) is 0.938. The van der Waals surface area contributed by atoms with Crippen LogP contribution in [-0.2, 0) is 19.7 Å². The molecule has 3 N–H and O–H groups in total. The molecule has 0 rings (SSSR count). The van der Waals surface area contributed by atoms with Crippen LogP contribution >= 0.6 is 0 Å². The van der Waals surface area contributed by atoms with Gasteiger partial charge in [0.25, 0.3) is 10.1 Å². The van der Waals surface area contributed by atoms with Gasteiger partial charge in [-0.2, -0.15) is 8.42 Å². The van der Waals surface area contributed by atoms with Crippen LogP contribution < -0.4 is 0 Å². The molecular weight excluding hydrogens is 568 g/mol. The van der Waals surface area contributed by atoms with Gasteiger partial charge >= 0.3 is 192 Å².